The van der Waals surface area contributed by atoms with E-state index in [-0.39, 0.29) is 22.0 Å². The Labute approximate surface area is 195 Å². The molecule has 3 atom stereocenters. The molecular weight excluding hydrogens is 514 g/mol. The first-order chi connectivity index (χ1) is 15.3. The van der Waals surface area contributed by atoms with Gasteiger partial charge in [-0.15, -0.1) is 11.3 Å². The lowest BCUT2D eigenvalue weighted by Crippen LogP contribution is -2.42. The molecule has 1 aromatic carbocycles. The molecule has 0 spiro atoms. The average molecular weight is 532 g/mol. The number of thiazole rings is 1. The molecule has 8 nitrogen and oxygen atoms in total. The predicted octanol–water partition coefficient (Wildman–Crippen LogP) is 4.03. The fourth-order valence-corrected chi connectivity index (χ4v) is 5.68. The Hall–Kier alpha value is -2.16. The number of nitrogens with zero attached hydrogens (tertiary/aromatic N) is 1. The Kier molecular flexibility index (Phi) is 7.71. The van der Waals surface area contributed by atoms with Crippen molar-refractivity contribution in [1.82, 2.24) is 10.3 Å². The van der Waals surface area contributed by atoms with Gasteiger partial charge in [0.15, 0.2) is 5.13 Å². The maximum atomic E-state index is 14.5. The first-order valence-corrected chi connectivity index (χ1v) is 12.2. The molecule has 2 saturated heterocycles. The molecule has 33 heavy (non-hydrogen) atoms. The number of hydrogen-bond donors (Lipinski definition) is 3. The van der Waals surface area contributed by atoms with Gasteiger partial charge in [-0.05, 0) is 31.7 Å². The summed E-state index contributed by atoms with van der Waals surface area (Å²) in [4.78, 5) is 12.2. The first-order valence-electron chi connectivity index (χ1n) is 9.49. The van der Waals surface area contributed by atoms with Crippen LogP contribution < -0.4 is 14.8 Å². The van der Waals surface area contributed by atoms with Crippen LogP contribution in [-0.4, -0.2) is 48.8 Å². The van der Waals surface area contributed by atoms with Crippen LogP contribution in [0.5, 0.6) is 5.75 Å². The smallest absolute Gasteiger partial charge is 0.489 e. The highest BCUT2D eigenvalue weighted by atomic mass is 35.5. The molecular formula is C18H18ClF4N3O5S2. The third kappa shape index (κ3) is 6.68. The maximum absolute atomic E-state index is 14.5. The number of halogens is 5. The van der Waals surface area contributed by atoms with Crippen LogP contribution in [0, 0.1) is 5.82 Å². The number of aliphatic carboxylic acids is 1. The third-order valence-corrected chi connectivity index (χ3v) is 7.36. The number of aromatic nitrogens is 1. The van der Waals surface area contributed by atoms with Crippen molar-refractivity contribution in [2.75, 3.05) is 4.72 Å². The van der Waals surface area contributed by atoms with E-state index in [1.807, 2.05) is 0 Å². The molecule has 1 unspecified atom stereocenters. The standard InChI is InChI=1S/C16H17ClFN3O3S2.C2HF3O2/c17-12-7-15(26(22,23)21-16-19-3-4-25-16)13(18)8-14(12)24-11-5-9-1-2-10(6-11)20-9;3-2(4,5)1(6)7/h3-4,7-11,20H,1-2,5-6H2,(H,19,21);(H,6,7)/t9-,10+,11?;. The minimum atomic E-state index is -5.08. The molecule has 0 amide bonds. The van der Waals surface area contributed by atoms with Gasteiger partial charge in [-0.1, -0.05) is 11.6 Å². The van der Waals surface area contributed by atoms with E-state index in [4.69, 9.17) is 26.2 Å². The SMILES string of the molecule is O=C(O)C(F)(F)F.O=S(=O)(Nc1nccs1)c1cc(Cl)c(OC2C[C@H]3CC[C@@H](C2)N3)cc1F. The largest absolute Gasteiger partial charge is 0.490 e. The van der Waals surface area contributed by atoms with Gasteiger partial charge < -0.3 is 15.2 Å². The highest BCUT2D eigenvalue weighted by Crippen LogP contribution is 2.35. The fourth-order valence-electron chi connectivity index (χ4n) is 3.53. The Morgan fingerprint density at radius 3 is 2.39 bits per heavy atom. The zero-order chi connectivity index (χ0) is 24.4. The topological polar surface area (TPSA) is 118 Å². The molecule has 2 bridgehead atoms. The second kappa shape index (κ2) is 9.99. The molecule has 3 N–H and O–H groups in total. The van der Waals surface area contributed by atoms with Gasteiger partial charge in [0.1, 0.15) is 22.6 Å². The van der Waals surface area contributed by atoms with Gasteiger partial charge in [0.25, 0.3) is 10.0 Å². The zero-order valence-electron chi connectivity index (χ0n) is 16.6. The van der Waals surface area contributed by atoms with Gasteiger partial charge in [0.2, 0.25) is 0 Å². The van der Waals surface area contributed by atoms with E-state index in [9.17, 15) is 26.0 Å². The summed E-state index contributed by atoms with van der Waals surface area (Å²) >= 11 is 7.28. The molecule has 15 heteroatoms. The normalized spacial score (nSPS) is 22.3. The first kappa shape index (κ1) is 25.5. The van der Waals surface area contributed by atoms with Crippen LogP contribution in [0.3, 0.4) is 0 Å². The van der Waals surface area contributed by atoms with Crippen LogP contribution >= 0.6 is 22.9 Å². The molecule has 0 radical (unpaired) electrons. The average Bonchev–Trinajstić information content (AvgIpc) is 3.32. The molecule has 2 aromatic rings. The lowest BCUT2D eigenvalue weighted by Gasteiger charge is -2.29. The molecule has 2 aliphatic rings. The summed E-state index contributed by atoms with van der Waals surface area (Å²) in [6.07, 6.45) is 0.217. The van der Waals surface area contributed by atoms with Crippen LogP contribution in [0.15, 0.2) is 28.6 Å². The molecule has 4 rings (SSSR count). The number of carboxylic acid groups (broad SMARTS) is 1. The van der Waals surface area contributed by atoms with Crippen molar-refractivity contribution in [2.24, 2.45) is 0 Å². The lowest BCUT2D eigenvalue weighted by atomic mass is 10.0. The second-order valence-electron chi connectivity index (χ2n) is 7.31. The van der Waals surface area contributed by atoms with Crippen molar-refractivity contribution in [3.63, 3.8) is 0 Å². The number of carbonyl (C=O) groups is 1. The van der Waals surface area contributed by atoms with Crippen LogP contribution in [0.4, 0.5) is 22.7 Å². The Morgan fingerprint density at radius 1 is 1.27 bits per heavy atom. The summed E-state index contributed by atoms with van der Waals surface area (Å²) in [5, 5.41) is 12.5. The summed E-state index contributed by atoms with van der Waals surface area (Å²) in [6, 6.07) is 2.97. The highest BCUT2D eigenvalue weighted by Gasteiger charge is 2.38. The van der Waals surface area contributed by atoms with Crippen LogP contribution in [-0.2, 0) is 14.8 Å². The molecule has 3 heterocycles. The fraction of sp³-hybridized carbons (Fsp3) is 0.444. The van der Waals surface area contributed by atoms with Crippen molar-refractivity contribution in [2.45, 2.75) is 54.9 Å². The van der Waals surface area contributed by atoms with Crippen molar-refractivity contribution < 1.29 is 40.6 Å². The van der Waals surface area contributed by atoms with Crippen molar-refractivity contribution in [1.29, 1.82) is 0 Å². The van der Waals surface area contributed by atoms with Gasteiger partial charge >= 0.3 is 12.1 Å². The molecule has 0 saturated carbocycles. The summed E-state index contributed by atoms with van der Waals surface area (Å²) < 4.78 is 79.1. The number of carboxylic acids is 1. The lowest BCUT2D eigenvalue weighted by molar-refractivity contribution is -0.192. The van der Waals surface area contributed by atoms with E-state index in [1.54, 1.807) is 5.38 Å². The summed E-state index contributed by atoms with van der Waals surface area (Å²) in [6.45, 7) is 0. The third-order valence-electron chi connectivity index (χ3n) is 4.90. The van der Waals surface area contributed by atoms with Gasteiger partial charge in [-0.3, -0.25) is 4.72 Å². The van der Waals surface area contributed by atoms with Gasteiger partial charge in [-0.25, -0.2) is 22.6 Å². The Bertz CT molecular complexity index is 1090. The minimum Gasteiger partial charge on any atom is -0.489 e. The van der Waals surface area contributed by atoms with Crippen LogP contribution in [0.2, 0.25) is 5.02 Å². The van der Waals surface area contributed by atoms with Crippen molar-refractivity contribution in [3.05, 3.63) is 34.5 Å². The van der Waals surface area contributed by atoms with Gasteiger partial charge in [0, 0.05) is 29.7 Å². The second-order valence-corrected chi connectivity index (χ2v) is 10.3. The number of benzene rings is 1. The number of sulfonamides is 1. The number of nitrogens with one attached hydrogen (secondary N) is 2. The van der Waals surface area contributed by atoms with Crippen molar-refractivity contribution in [3.8, 4) is 5.75 Å². The molecule has 182 valence electrons. The molecule has 2 aliphatic heterocycles. The molecule has 0 aliphatic carbocycles. The maximum Gasteiger partial charge on any atom is 0.490 e. The number of piperidine rings is 1. The number of hydrogen-bond acceptors (Lipinski definition) is 7. The number of alkyl halides is 3. The van der Waals surface area contributed by atoms with E-state index >= 15 is 0 Å². The summed E-state index contributed by atoms with van der Waals surface area (Å²) in [5.41, 5.74) is 0. The molecule has 1 aromatic heterocycles. The minimum absolute atomic E-state index is 0.0541. The van der Waals surface area contributed by atoms with E-state index in [2.05, 4.69) is 15.0 Å². The highest BCUT2D eigenvalue weighted by molar-refractivity contribution is 7.93. The number of anilines is 1. The van der Waals surface area contributed by atoms with E-state index in [0.717, 1.165) is 49.2 Å². The van der Waals surface area contributed by atoms with E-state index < -0.39 is 32.9 Å². The Morgan fingerprint density at radius 2 is 1.88 bits per heavy atom. The molecule has 2 fully saturated rings. The summed E-state index contributed by atoms with van der Waals surface area (Å²) in [5.74, 6) is -3.50. The van der Waals surface area contributed by atoms with Gasteiger partial charge in [-0.2, -0.15) is 13.2 Å². The number of rotatable bonds is 5. The van der Waals surface area contributed by atoms with Crippen LogP contribution in [0.25, 0.3) is 0 Å². The number of ether oxygens (including phenoxy) is 1. The Balaban J connectivity index is 0.000000383. The monoisotopic (exact) mass is 531 g/mol. The van der Waals surface area contributed by atoms with Crippen LogP contribution in [0.1, 0.15) is 25.7 Å². The van der Waals surface area contributed by atoms with E-state index in [0.29, 0.717) is 12.1 Å². The zero-order valence-corrected chi connectivity index (χ0v) is 19.0. The quantitative estimate of drug-likeness (QED) is 0.499. The predicted molar refractivity (Wildman–Crippen MR) is 112 cm³/mol. The van der Waals surface area contributed by atoms with Crippen molar-refractivity contribution >= 4 is 44.1 Å². The van der Waals surface area contributed by atoms with Gasteiger partial charge in [0.05, 0.1) is 5.02 Å². The number of fused-ring (bicyclic) bond motifs is 2. The van der Waals surface area contributed by atoms with E-state index in [1.165, 1.54) is 6.20 Å². The summed E-state index contributed by atoms with van der Waals surface area (Å²) in [7, 11) is -4.12.